The number of carbonyl (C=O) groups excluding carboxylic acids is 1. The van der Waals surface area contributed by atoms with Crippen LogP contribution in [0.5, 0.6) is 5.88 Å². The third-order valence-electron chi connectivity index (χ3n) is 6.18. The van der Waals surface area contributed by atoms with Crippen molar-refractivity contribution in [2.45, 2.75) is 63.8 Å². The molecule has 160 valence electrons. The maximum absolute atomic E-state index is 13.2. The van der Waals surface area contributed by atoms with E-state index in [4.69, 9.17) is 9.88 Å². The fraction of sp³-hybridized carbons (Fsp3) is 0.524. The third-order valence-corrected chi connectivity index (χ3v) is 7.52. The number of nitrogens with two attached hydrogens (primary N) is 1. The summed E-state index contributed by atoms with van der Waals surface area (Å²) in [6, 6.07) is 1.61. The van der Waals surface area contributed by atoms with E-state index < -0.39 is 15.9 Å². The lowest BCUT2D eigenvalue weighted by molar-refractivity contribution is 0.0972. The molecule has 2 heterocycles. The lowest BCUT2D eigenvalue weighted by Gasteiger charge is -2.30. The van der Waals surface area contributed by atoms with Crippen molar-refractivity contribution in [3.8, 4) is 5.88 Å². The van der Waals surface area contributed by atoms with Crippen molar-refractivity contribution in [1.82, 2.24) is 9.78 Å². The van der Waals surface area contributed by atoms with E-state index in [2.05, 4.69) is 34.7 Å². The van der Waals surface area contributed by atoms with Gasteiger partial charge in [-0.1, -0.05) is 19.9 Å². The molecule has 9 heteroatoms. The topological polar surface area (TPSA) is 112 Å². The van der Waals surface area contributed by atoms with Crippen molar-refractivity contribution in [2.75, 3.05) is 11.9 Å². The standard InChI is InChI=1S/C21H27N5O3S/c1-21(2)11-26-19(29-12-21)17(10-23-26)30(22,28)25-20(27)24-18-15-7-3-5-13(15)9-14-6-4-8-16(14)18/h9-10H,3-8,11-12H2,1-2H3,(H3,22,24,25,27,28). The summed E-state index contributed by atoms with van der Waals surface area (Å²) in [6.07, 6.45) is 7.52. The summed E-state index contributed by atoms with van der Waals surface area (Å²) >= 11 is 0. The fourth-order valence-electron chi connectivity index (χ4n) is 4.80. The molecule has 2 amide bonds. The van der Waals surface area contributed by atoms with E-state index >= 15 is 0 Å². The molecular formula is C21H27N5O3S. The Morgan fingerprint density at radius 3 is 2.57 bits per heavy atom. The second kappa shape index (κ2) is 6.81. The zero-order chi connectivity index (χ0) is 21.1. The van der Waals surface area contributed by atoms with E-state index in [0.29, 0.717) is 19.0 Å². The maximum atomic E-state index is 13.2. The van der Waals surface area contributed by atoms with E-state index in [1.54, 1.807) is 4.68 Å². The number of carbonyl (C=O) groups is 1. The van der Waals surface area contributed by atoms with Gasteiger partial charge in [-0.05, 0) is 60.8 Å². The Labute approximate surface area is 176 Å². The minimum atomic E-state index is -3.49. The third kappa shape index (κ3) is 3.30. The van der Waals surface area contributed by atoms with Crippen LogP contribution in [0.4, 0.5) is 10.5 Å². The Morgan fingerprint density at radius 2 is 1.90 bits per heavy atom. The van der Waals surface area contributed by atoms with Crippen molar-refractivity contribution >= 4 is 21.6 Å². The van der Waals surface area contributed by atoms with E-state index in [9.17, 15) is 9.00 Å². The number of aryl methyl sites for hydroxylation is 2. The van der Waals surface area contributed by atoms with Crippen molar-refractivity contribution in [2.24, 2.45) is 14.9 Å². The number of rotatable bonds is 2. The molecule has 0 saturated carbocycles. The van der Waals surface area contributed by atoms with Gasteiger partial charge >= 0.3 is 6.03 Å². The Balaban J connectivity index is 1.47. The first kappa shape index (κ1) is 19.6. The van der Waals surface area contributed by atoms with Gasteiger partial charge in [-0.2, -0.15) is 5.10 Å². The number of ether oxygens (including phenoxy) is 1. The molecule has 2 aliphatic carbocycles. The molecule has 1 aromatic carbocycles. The van der Waals surface area contributed by atoms with Gasteiger partial charge in [-0.3, -0.25) is 0 Å². The van der Waals surface area contributed by atoms with Crippen LogP contribution in [-0.2, 0) is 42.1 Å². The van der Waals surface area contributed by atoms with Crippen LogP contribution in [-0.4, -0.2) is 26.6 Å². The first-order valence-corrected chi connectivity index (χ1v) is 12.0. The number of amides is 2. The summed E-state index contributed by atoms with van der Waals surface area (Å²) in [4.78, 5) is 13.0. The second-order valence-corrected chi connectivity index (χ2v) is 11.0. The number of nitrogens with one attached hydrogen (secondary N) is 1. The number of aromatic nitrogens is 2. The molecule has 3 aliphatic rings. The van der Waals surface area contributed by atoms with Crippen LogP contribution in [0.25, 0.3) is 0 Å². The van der Waals surface area contributed by atoms with Gasteiger partial charge in [0.1, 0.15) is 4.90 Å². The van der Waals surface area contributed by atoms with Crippen LogP contribution in [0.15, 0.2) is 21.5 Å². The number of nitrogens with zero attached hydrogens (tertiary/aromatic N) is 3. The first-order chi connectivity index (χ1) is 14.2. The summed E-state index contributed by atoms with van der Waals surface area (Å²) in [7, 11) is -3.49. The Morgan fingerprint density at radius 1 is 1.23 bits per heavy atom. The number of anilines is 1. The molecule has 1 atom stereocenters. The lowest BCUT2D eigenvalue weighted by Crippen LogP contribution is -2.33. The van der Waals surface area contributed by atoms with Gasteiger partial charge in [0.05, 0.1) is 19.3 Å². The highest BCUT2D eigenvalue weighted by atomic mass is 32.2. The number of fused-ring (bicyclic) bond motifs is 3. The zero-order valence-corrected chi connectivity index (χ0v) is 18.2. The molecule has 0 saturated heterocycles. The van der Waals surface area contributed by atoms with Crippen molar-refractivity contribution in [3.05, 3.63) is 34.5 Å². The molecule has 30 heavy (non-hydrogen) atoms. The summed E-state index contributed by atoms with van der Waals surface area (Å²) < 4.78 is 24.4. The number of hydrogen-bond acceptors (Lipinski definition) is 4. The average Bonchev–Trinajstić information content (AvgIpc) is 3.38. The molecule has 2 aromatic rings. The Bertz CT molecular complexity index is 1140. The summed E-state index contributed by atoms with van der Waals surface area (Å²) in [5.74, 6) is 0.333. The molecule has 3 N–H and O–H groups in total. The van der Waals surface area contributed by atoms with Crippen LogP contribution >= 0.6 is 0 Å². The minimum Gasteiger partial charge on any atom is -0.476 e. The fourth-order valence-corrected chi connectivity index (χ4v) is 5.80. The first-order valence-electron chi connectivity index (χ1n) is 10.4. The molecule has 0 fully saturated rings. The van der Waals surface area contributed by atoms with Crippen LogP contribution in [0, 0.1) is 5.41 Å². The van der Waals surface area contributed by atoms with Gasteiger partial charge < -0.3 is 10.1 Å². The minimum absolute atomic E-state index is 0.0889. The summed E-state index contributed by atoms with van der Waals surface area (Å²) in [5.41, 5.74) is 5.76. The van der Waals surface area contributed by atoms with Gasteiger partial charge in [-0.15, -0.1) is 4.36 Å². The normalized spacial score (nSPS) is 20.5. The van der Waals surface area contributed by atoms with Gasteiger partial charge in [0, 0.05) is 11.1 Å². The highest BCUT2D eigenvalue weighted by molar-refractivity contribution is 7.91. The van der Waals surface area contributed by atoms with Crippen molar-refractivity contribution in [1.29, 1.82) is 0 Å². The summed E-state index contributed by atoms with van der Waals surface area (Å²) in [5, 5.41) is 13.2. The number of urea groups is 1. The maximum Gasteiger partial charge on any atom is 0.354 e. The number of hydrogen-bond donors (Lipinski definition) is 2. The predicted molar refractivity (Wildman–Crippen MR) is 114 cm³/mol. The van der Waals surface area contributed by atoms with Crippen LogP contribution < -0.4 is 15.2 Å². The van der Waals surface area contributed by atoms with Crippen molar-refractivity contribution in [3.63, 3.8) is 0 Å². The largest absolute Gasteiger partial charge is 0.476 e. The van der Waals surface area contributed by atoms with E-state index in [-0.39, 0.29) is 10.3 Å². The Kier molecular flexibility index (Phi) is 4.44. The number of benzene rings is 1. The molecule has 1 aliphatic heterocycles. The van der Waals surface area contributed by atoms with E-state index in [0.717, 1.165) is 44.2 Å². The molecule has 5 rings (SSSR count). The molecule has 1 unspecified atom stereocenters. The van der Waals surface area contributed by atoms with Crippen LogP contribution in [0.3, 0.4) is 0 Å². The quantitative estimate of drug-likeness (QED) is 0.763. The molecular weight excluding hydrogens is 402 g/mol. The van der Waals surface area contributed by atoms with Crippen LogP contribution in [0.1, 0.15) is 48.9 Å². The van der Waals surface area contributed by atoms with Gasteiger partial charge in [0.15, 0.2) is 9.92 Å². The van der Waals surface area contributed by atoms with Gasteiger partial charge in [0.2, 0.25) is 5.88 Å². The predicted octanol–water partition coefficient (Wildman–Crippen LogP) is 3.21. The monoisotopic (exact) mass is 429 g/mol. The average molecular weight is 430 g/mol. The molecule has 1 aromatic heterocycles. The SMILES string of the molecule is CC1(C)COc2c(S(N)(=O)=NC(=O)Nc3c4c(cc5c3CCC5)CCC4)cnn2C1. The molecule has 8 nitrogen and oxygen atoms in total. The highest BCUT2D eigenvalue weighted by Crippen LogP contribution is 2.39. The Hall–Kier alpha value is -2.39. The van der Waals surface area contributed by atoms with Crippen molar-refractivity contribution < 1.29 is 13.7 Å². The lowest BCUT2D eigenvalue weighted by atomic mass is 9.94. The molecule has 0 spiro atoms. The van der Waals surface area contributed by atoms with Gasteiger partial charge in [-0.25, -0.2) is 18.8 Å². The van der Waals surface area contributed by atoms with E-state index in [1.807, 2.05) is 0 Å². The highest BCUT2D eigenvalue weighted by Gasteiger charge is 2.32. The smallest absolute Gasteiger partial charge is 0.354 e. The second-order valence-electron chi connectivity index (χ2n) is 9.25. The molecule has 0 radical (unpaired) electrons. The molecule has 0 bridgehead atoms. The van der Waals surface area contributed by atoms with E-state index in [1.165, 1.54) is 28.5 Å². The van der Waals surface area contributed by atoms with Crippen LogP contribution in [0.2, 0.25) is 0 Å². The zero-order valence-electron chi connectivity index (χ0n) is 17.4. The summed E-state index contributed by atoms with van der Waals surface area (Å²) in [6.45, 7) is 5.19. The van der Waals surface area contributed by atoms with Gasteiger partial charge in [0.25, 0.3) is 0 Å².